The second-order valence-corrected chi connectivity index (χ2v) is 7.03. The summed E-state index contributed by atoms with van der Waals surface area (Å²) < 4.78 is 0. The Hall–Kier alpha value is -0.0400. The average Bonchev–Trinajstić information content (AvgIpc) is 2.29. The molecule has 0 aromatic heterocycles. The zero-order valence-corrected chi connectivity index (χ0v) is 11.4. The number of piperidine rings is 1. The summed E-state index contributed by atoms with van der Waals surface area (Å²) in [5, 5.41) is 3.74. The van der Waals surface area contributed by atoms with Crippen LogP contribution in [-0.2, 0) is 0 Å². The summed E-state index contributed by atoms with van der Waals surface area (Å²) in [4.78, 5) is 0. The fourth-order valence-corrected chi connectivity index (χ4v) is 3.67. The zero-order valence-electron chi connectivity index (χ0n) is 11.4. The highest BCUT2D eigenvalue weighted by molar-refractivity contribution is 4.87. The molecule has 1 nitrogen and oxygen atoms in total. The van der Waals surface area contributed by atoms with Gasteiger partial charge in [-0.2, -0.15) is 0 Å². The van der Waals surface area contributed by atoms with Crippen LogP contribution < -0.4 is 5.32 Å². The second kappa shape index (κ2) is 5.08. The topological polar surface area (TPSA) is 12.0 Å². The molecule has 94 valence electrons. The molecule has 0 unspecified atom stereocenters. The van der Waals surface area contributed by atoms with E-state index in [1.807, 2.05) is 0 Å². The number of hydrogen-bond acceptors (Lipinski definition) is 1. The Morgan fingerprint density at radius 2 is 1.56 bits per heavy atom. The number of rotatable bonds is 1. The lowest BCUT2D eigenvalue weighted by molar-refractivity contribution is 0.125. The lowest BCUT2D eigenvalue weighted by Gasteiger charge is -2.40. The summed E-state index contributed by atoms with van der Waals surface area (Å²) in [6.07, 6.45) is 10.2. The fraction of sp³-hybridized carbons (Fsp3) is 1.00. The van der Waals surface area contributed by atoms with Gasteiger partial charge in [-0.1, -0.05) is 27.2 Å². The van der Waals surface area contributed by atoms with Gasteiger partial charge < -0.3 is 5.32 Å². The summed E-state index contributed by atoms with van der Waals surface area (Å²) in [6, 6.07) is 0.856. The third kappa shape index (κ3) is 3.00. The van der Waals surface area contributed by atoms with Crippen LogP contribution in [0.5, 0.6) is 0 Å². The Morgan fingerprint density at radius 1 is 0.875 bits per heavy atom. The van der Waals surface area contributed by atoms with Gasteiger partial charge >= 0.3 is 0 Å². The van der Waals surface area contributed by atoms with E-state index in [-0.39, 0.29) is 0 Å². The maximum atomic E-state index is 3.74. The zero-order chi connectivity index (χ0) is 11.6. The Morgan fingerprint density at radius 3 is 2.06 bits per heavy atom. The molecule has 2 fully saturated rings. The molecule has 0 spiro atoms. The van der Waals surface area contributed by atoms with Crippen LogP contribution in [0.15, 0.2) is 0 Å². The molecule has 2 rings (SSSR count). The third-order valence-electron chi connectivity index (χ3n) is 4.91. The first kappa shape index (κ1) is 12.4. The van der Waals surface area contributed by atoms with Gasteiger partial charge in [-0.25, -0.2) is 0 Å². The van der Waals surface area contributed by atoms with Crippen LogP contribution in [0.1, 0.15) is 65.7 Å². The third-order valence-corrected chi connectivity index (χ3v) is 4.91. The number of hydrogen-bond donors (Lipinski definition) is 1. The lowest BCUT2D eigenvalue weighted by Crippen LogP contribution is -2.42. The molecule has 0 amide bonds. The van der Waals surface area contributed by atoms with Crippen LogP contribution in [0.2, 0.25) is 0 Å². The normalized spacial score (nSPS) is 37.3. The van der Waals surface area contributed by atoms with Crippen molar-refractivity contribution in [2.24, 2.45) is 17.3 Å². The van der Waals surface area contributed by atoms with Gasteiger partial charge in [0.25, 0.3) is 0 Å². The molecule has 0 bridgehead atoms. The molecule has 1 saturated carbocycles. The fourth-order valence-electron chi connectivity index (χ4n) is 3.67. The maximum absolute atomic E-state index is 3.74. The molecule has 0 aromatic carbocycles. The molecule has 1 heteroatoms. The molecule has 1 heterocycles. The van der Waals surface area contributed by atoms with Crippen molar-refractivity contribution < 1.29 is 0 Å². The lowest BCUT2D eigenvalue weighted by atomic mass is 9.68. The van der Waals surface area contributed by atoms with E-state index in [0.29, 0.717) is 5.41 Å². The van der Waals surface area contributed by atoms with Crippen molar-refractivity contribution in [1.82, 2.24) is 5.32 Å². The van der Waals surface area contributed by atoms with Crippen LogP contribution in [-0.4, -0.2) is 12.6 Å². The maximum Gasteiger partial charge on any atom is 0.00953 e. The highest BCUT2D eigenvalue weighted by atomic mass is 14.9. The van der Waals surface area contributed by atoms with Gasteiger partial charge in [-0.15, -0.1) is 0 Å². The molecule has 16 heavy (non-hydrogen) atoms. The quantitative estimate of drug-likeness (QED) is 0.709. The highest BCUT2D eigenvalue weighted by Crippen LogP contribution is 2.41. The number of nitrogens with one attached hydrogen (secondary N) is 1. The van der Waals surface area contributed by atoms with Gasteiger partial charge in [0.15, 0.2) is 0 Å². The van der Waals surface area contributed by atoms with Crippen molar-refractivity contribution in [2.75, 3.05) is 6.54 Å². The van der Waals surface area contributed by atoms with Crippen LogP contribution in [0.25, 0.3) is 0 Å². The molecule has 1 saturated heterocycles. The van der Waals surface area contributed by atoms with Crippen molar-refractivity contribution in [1.29, 1.82) is 0 Å². The van der Waals surface area contributed by atoms with Gasteiger partial charge in [-0.3, -0.25) is 0 Å². The van der Waals surface area contributed by atoms with E-state index in [2.05, 4.69) is 26.1 Å². The van der Waals surface area contributed by atoms with Crippen molar-refractivity contribution in [3.05, 3.63) is 0 Å². The Bertz CT molecular complexity index is 202. The average molecular weight is 223 g/mol. The van der Waals surface area contributed by atoms with Crippen molar-refractivity contribution in [3.8, 4) is 0 Å². The van der Waals surface area contributed by atoms with Crippen LogP contribution >= 0.6 is 0 Å². The summed E-state index contributed by atoms with van der Waals surface area (Å²) in [6.45, 7) is 8.51. The van der Waals surface area contributed by atoms with Gasteiger partial charge in [0.2, 0.25) is 0 Å². The SMILES string of the molecule is CC(C)(C)C1CCC([C@H]2CCCCN2)CC1. The first-order chi connectivity index (χ1) is 7.57. The minimum absolute atomic E-state index is 0.533. The summed E-state index contributed by atoms with van der Waals surface area (Å²) in [5.74, 6) is 1.95. The van der Waals surface area contributed by atoms with Crippen molar-refractivity contribution in [2.45, 2.75) is 71.8 Å². The van der Waals surface area contributed by atoms with E-state index in [1.165, 1.54) is 51.5 Å². The standard InChI is InChI=1S/C15H29N/c1-15(2,3)13-9-7-12(8-10-13)14-6-4-5-11-16-14/h12-14,16H,4-11H2,1-3H3/t12?,13?,14-/m1/s1. The molecule has 2 aliphatic rings. The van der Waals surface area contributed by atoms with Crippen LogP contribution in [0.4, 0.5) is 0 Å². The smallest absolute Gasteiger partial charge is 0.00953 e. The molecule has 1 aliphatic heterocycles. The van der Waals surface area contributed by atoms with Crippen molar-refractivity contribution >= 4 is 0 Å². The van der Waals surface area contributed by atoms with E-state index in [4.69, 9.17) is 0 Å². The predicted molar refractivity (Wildman–Crippen MR) is 70.5 cm³/mol. The summed E-state index contributed by atoms with van der Waals surface area (Å²) >= 11 is 0. The van der Waals surface area contributed by atoms with E-state index >= 15 is 0 Å². The Balaban J connectivity index is 1.80. The van der Waals surface area contributed by atoms with Gasteiger partial charge in [0, 0.05) is 6.04 Å². The molecular weight excluding hydrogens is 194 g/mol. The van der Waals surface area contributed by atoms with Crippen molar-refractivity contribution in [3.63, 3.8) is 0 Å². The van der Waals surface area contributed by atoms with E-state index in [1.54, 1.807) is 0 Å². The van der Waals surface area contributed by atoms with E-state index in [0.717, 1.165) is 17.9 Å². The highest BCUT2D eigenvalue weighted by Gasteiger charge is 2.32. The first-order valence-electron chi connectivity index (χ1n) is 7.31. The monoisotopic (exact) mass is 223 g/mol. The second-order valence-electron chi connectivity index (χ2n) is 7.03. The molecule has 1 N–H and O–H groups in total. The molecule has 0 aromatic rings. The van der Waals surface area contributed by atoms with Gasteiger partial charge in [0.05, 0.1) is 0 Å². The predicted octanol–water partition coefficient (Wildman–Crippen LogP) is 3.98. The van der Waals surface area contributed by atoms with Gasteiger partial charge in [-0.05, 0) is 62.3 Å². The minimum atomic E-state index is 0.533. The van der Waals surface area contributed by atoms with Crippen LogP contribution in [0, 0.1) is 17.3 Å². The van der Waals surface area contributed by atoms with Gasteiger partial charge in [0.1, 0.15) is 0 Å². The first-order valence-corrected chi connectivity index (χ1v) is 7.31. The van der Waals surface area contributed by atoms with E-state index in [9.17, 15) is 0 Å². The Kier molecular flexibility index (Phi) is 3.94. The summed E-state index contributed by atoms with van der Waals surface area (Å²) in [7, 11) is 0. The molecular formula is C15H29N. The van der Waals surface area contributed by atoms with E-state index < -0.39 is 0 Å². The molecule has 1 atom stereocenters. The molecule has 1 aliphatic carbocycles. The Labute approximate surface area is 101 Å². The molecule has 0 radical (unpaired) electrons. The van der Waals surface area contributed by atoms with Crippen LogP contribution in [0.3, 0.4) is 0 Å². The summed E-state index contributed by atoms with van der Waals surface area (Å²) in [5.41, 5.74) is 0.533. The largest absolute Gasteiger partial charge is 0.314 e. The minimum Gasteiger partial charge on any atom is -0.314 e.